The highest BCUT2D eigenvalue weighted by molar-refractivity contribution is 7.94. The molecule has 1 aromatic heterocycles. The third-order valence-electron chi connectivity index (χ3n) is 3.19. The molecule has 0 spiro atoms. The van der Waals surface area contributed by atoms with Crippen LogP contribution in [0.15, 0.2) is 40.8 Å². The average molecular weight is 327 g/mol. The summed E-state index contributed by atoms with van der Waals surface area (Å²) in [5, 5.41) is 1.53. The maximum absolute atomic E-state index is 12.4. The number of hydrogen-bond donors (Lipinski definition) is 3. The summed E-state index contributed by atoms with van der Waals surface area (Å²) in [5.41, 5.74) is 6.76. The Morgan fingerprint density at radius 2 is 2.10 bits per heavy atom. The van der Waals surface area contributed by atoms with Crippen molar-refractivity contribution in [3.8, 4) is 0 Å². The van der Waals surface area contributed by atoms with Gasteiger partial charge in [0.15, 0.2) is 9.84 Å². The fraction of sp³-hybridized carbons (Fsp3) is 0.167. The van der Waals surface area contributed by atoms with E-state index in [0.29, 0.717) is 16.6 Å². The number of nitrogens with one attached hydrogen (secondary N) is 2. The van der Waals surface area contributed by atoms with E-state index in [-0.39, 0.29) is 10.6 Å². The Kier molecular flexibility index (Phi) is 3.08. The lowest BCUT2D eigenvalue weighted by atomic mass is 10.2. The van der Waals surface area contributed by atoms with Crippen LogP contribution in [0.2, 0.25) is 0 Å². The zero-order chi connectivity index (χ0) is 15.3. The van der Waals surface area contributed by atoms with E-state index >= 15 is 0 Å². The SMILES string of the molecule is Nc1ccc2c(S(=O)(=O)NC3C=CS(=O)(=O)C3)c[nH]c2c1. The molecule has 0 saturated carbocycles. The van der Waals surface area contributed by atoms with E-state index < -0.39 is 25.9 Å². The van der Waals surface area contributed by atoms with Gasteiger partial charge < -0.3 is 10.7 Å². The number of aromatic amines is 1. The van der Waals surface area contributed by atoms with Crippen molar-refractivity contribution >= 4 is 36.5 Å². The Labute approximate surface area is 121 Å². The van der Waals surface area contributed by atoms with Crippen LogP contribution in [-0.4, -0.2) is 33.6 Å². The van der Waals surface area contributed by atoms with Gasteiger partial charge in [-0.2, -0.15) is 0 Å². The summed E-state index contributed by atoms with van der Waals surface area (Å²) in [4.78, 5) is 2.91. The molecule has 7 nitrogen and oxygen atoms in total. The third kappa shape index (κ3) is 2.67. The molecule has 1 aliphatic rings. The van der Waals surface area contributed by atoms with E-state index in [1.807, 2.05) is 0 Å². The zero-order valence-corrected chi connectivity index (χ0v) is 12.4. The minimum Gasteiger partial charge on any atom is -0.399 e. The van der Waals surface area contributed by atoms with Crippen LogP contribution in [0.3, 0.4) is 0 Å². The Bertz CT molecular complexity index is 942. The van der Waals surface area contributed by atoms with Crippen LogP contribution in [0.25, 0.3) is 10.9 Å². The fourth-order valence-corrected chi connectivity index (χ4v) is 4.96. The van der Waals surface area contributed by atoms with Gasteiger partial charge in [0.25, 0.3) is 0 Å². The Hall–Kier alpha value is -1.84. The Balaban J connectivity index is 1.96. The standard InChI is InChI=1S/C12H13N3O4S2/c13-8-1-2-10-11(5-8)14-6-12(10)21(18,19)15-9-3-4-20(16,17)7-9/h1-6,9,14-15H,7,13H2. The molecule has 21 heavy (non-hydrogen) atoms. The first kappa shape index (κ1) is 14.1. The molecule has 0 amide bonds. The number of nitrogens with two attached hydrogens (primary N) is 1. The van der Waals surface area contributed by atoms with Crippen molar-refractivity contribution in [3.63, 3.8) is 0 Å². The second-order valence-electron chi connectivity index (χ2n) is 4.84. The van der Waals surface area contributed by atoms with E-state index in [9.17, 15) is 16.8 Å². The van der Waals surface area contributed by atoms with Crippen LogP contribution in [0.5, 0.6) is 0 Å². The van der Waals surface area contributed by atoms with Crippen molar-refractivity contribution in [3.05, 3.63) is 35.9 Å². The normalized spacial score (nSPS) is 21.0. The molecule has 0 radical (unpaired) electrons. The molecular formula is C12H13N3O4S2. The number of rotatable bonds is 3. The van der Waals surface area contributed by atoms with Crippen LogP contribution >= 0.6 is 0 Å². The van der Waals surface area contributed by atoms with Gasteiger partial charge in [0, 0.05) is 28.2 Å². The number of H-pyrrole nitrogens is 1. The van der Waals surface area contributed by atoms with Crippen LogP contribution in [0, 0.1) is 0 Å². The van der Waals surface area contributed by atoms with Gasteiger partial charge in [-0.3, -0.25) is 0 Å². The van der Waals surface area contributed by atoms with E-state index in [1.165, 1.54) is 12.3 Å². The molecule has 0 saturated heterocycles. The Morgan fingerprint density at radius 3 is 2.76 bits per heavy atom. The van der Waals surface area contributed by atoms with Gasteiger partial charge in [0.05, 0.1) is 11.8 Å². The smallest absolute Gasteiger partial charge is 0.243 e. The number of nitrogen functional groups attached to an aromatic ring is 1. The number of anilines is 1. The molecule has 1 atom stereocenters. The highest BCUT2D eigenvalue weighted by Gasteiger charge is 2.28. The highest BCUT2D eigenvalue weighted by atomic mass is 32.2. The van der Waals surface area contributed by atoms with Gasteiger partial charge in [-0.1, -0.05) is 6.08 Å². The van der Waals surface area contributed by atoms with Crippen molar-refractivity contribution in [1.82, 2.24) is 9.71 Å². The molecular weight excluding hydrogens is 314 g/mol. The number of aromatic nitrogens is 1. The summed E-state index contributed by atoms with van der Waals surface area (Å²) in [5.74, 6) is -0.262. The van der Waals surface area contributed by atoms with Crippen molar-refractivity contribution in [2.75, 3.05) is 11.5 Å². The molecule has 0 bridgehead atoms. The molecule has 112 valence electrons. The number of benzene rings is 1. The lowest BCUT2D eigenvalue weighted by molar-refractivity contribution is 0.575. The van der Waals surface area contributed by atoms with E-state index in [2.05, 4.69) is 9.71 Å². The van der Waals surface area contributed by atoms with Crippen LogP contribution < -0.4 is 10.5 Å². The number of hydrogen-bond acceptors (Lipinski definition) is 5. The maximum atomic E-state index is 12.4. The summed E-state index contributed by atoms with van der Waals surface area (Å²) in [6, 6.07) is 4.10. The molecule has 0 fully saturated rings. The molecule has 4 N–H and O–H groups in total. The minimum atomic E-state index is -3.83. The van der Waals surface area contributed by atoms with Gasteiger partial charge in [-0.15, -0.1) is 0 Å². The molecule has 3 rings (SSSR count). The van der Waals surface area contributed by atoms with Crippen LogP contribution in [0.4, 0.5) is 5.69 Å². The molecule has 2 heterocycles. The van der Waals surface area contributed by atoms with E-state index in [0.717, 1.165) is 5.41 Å². The molecule has 1 unspecified atom stereocenters. The number of sulfonamides is 1. The summed E-state index contributed by atoms with van der Waals surface area (Å²) in [6.45, 7) is 0. The maximum Gasteiger partial charge on any atom is 0.243 e. The predicted octanol–water partition coefficient (Wildman–Crippen LogP) is 0.339. The van der Waals surface area contributed by atoms with E-state index in [1.54, 1.807) is 18.2 Å². The van der Waals surface area contributed by atoms with Crippen molar-refractivity contribution in [2.24, 2.45) is 0 Å². The monoisotopic (exact) mass is 327 g/mol. The highest BCUT2D eigenvalue weighted by Crippen LogP contribution is 2.25. The lowest BCUT2D eigenvalue weighted by Crippen LogP contribution is -2.35. The van der Waals surface area contributed by atoms with Gasteiger partial charge in [-0.25, -0.2) is 21.6 Å². The largest absolute Gasteiger partial charge is 0.399 e. The van der Waals surface area contributed by atoms with Gasteiger partial charge >= 0.3 is 0 Å². The summed E-state index contributed by atoms with van der Waals surface area (Å²) in [7, 11) is -7.14. The molecule has 1 aliphatic heterocycles. The molecule has 9 heteroatoms. The summed E-state index contributed by atoms with van der Waals surface area (Å²) >= 11 is 0. The first-order valence-corrected chi connectivity index (χ1v) is 9.27. The number of sulfone groups is 1. The first-order valence-electron chi connectivity index (χ1n) is 6.07. The van der Waals surface area contributed by atoms with Gasteiger partial charge in [0.1, 0.15) is 4.90 Å². The predicted molar refractivity (Wildman–Crippen MR) is 79.7 cm³/mol. The van der Waals surface area contributed by atoms with Crippen molar-refractivity contribution in [1.29, 1.82) is 0 Å². The first-order chi connectivity index (χ1) is 9.77. The molecule has 1 aromatic carbocycles. The van der Waals surface area contributed by atoms with Crippen LogP contribution in [-0.2, 0) is 19.9 Å². The third-order valence-corrected chi connectivity index (χ3v) is 6.12. The molecule has 0 aliphatic carbocycles. The topological polar surface area (TPSA) is 122 Å². The van der Waals surface area contributed by atoms with Crippen molar-refractivity contribution in [2.45, 2.75) is 10.9 Å². The summed E-state index contributed by atoms with van der Waals surface area (Å²) < 4.78 is 49.8. The summed E-state index contributed by atoms with van der Waals surface area (Å²) in [6.07, 6.45) is 2.69. The van der Waals surface area contributed by atoms with Gasteiger partial charge in [0.2, 0.25) is 10.0 Å². The van der Waals surface area contributed by atoms with E-state index in [4.69, 9.17) is 5.73 Å². The number of fused-ring (bicyclic) bond motifs is 1. The average Bonchev–Trinajstić information content (AvgIpc) is 2.92. The minimum absolute atomic E-state index is 0.0650. The lowest BCUT2D eigenvalue weighted by Gasteiger charge is -2.10. The van der Waals surface area contributed by atoms with Crippen LogP contribution in [0.1, 0.15) is 0 Å². The van der Waals surface area contributed by atoms with Gasteiger partial charge in [-0.05, 0) is 18.2 Å². The Morgan fingerprint density at radius 1 is 1.33 bits per heavy atom. The second-order valence-corrected chi connectivity index (χ2v) is 8.46. The quantitative estimate of drug-likeness (QED) is 0.702. The zero-order valence-electron chi connectivity index (χ0n) is 10.8. The van der Waals surface area contributed by atoms with Crippen molar-refractivity contribution < 1.29 is 16.8 Å². The fourth-order valence-electron chi connectivity index (χ4n) is 2.25. The second kappa shape index (κ2) is 4.58. The molecule has 2 aromatic rings.